The largest absolute Gasteiger partial charge is 0.459 e. The summed E-state index contributed by atoms with van der Waals surface area (Å²) in [6.07, 6.45) is 1.92. The van der Waals surface area contributed by atoms with Crippen molar-refractivity contribution in [3.05, 3.63) is 64.9 Å². The highest BCUT2D eigenvalue weighted by Gasteiger charge is 2.22. The van der Waals surface area contributed by atoms with Gasteiger partial charge in [0.05, 0.1) is 22.2 Å². The lowest BCUT2D eigenvalue weighted by atomic mass is 10.2. The van der Waals surface area contributed by atoms with E-state index in [9.17, 15) is 4.79 Å². The van der Waals surface area contributed by atoms with Gasteiger partial charge < -0.3 is 9.73 Å². The second-order valence-corrected chi connectivity index (χ2v) is 8.12. The number of aromatic nitrogens is 2. The Morgan fingerprint density at radius 1 is 1.21 bits per heavy atom. The minimum absolute atomic E-state index is 0.201. The van der Waals surface area contributed by atoms with Gasteiger partial charge in [-0.05, 0) is 43.7 Å². The predicted molar refractivity (Wildman–Crippen MR) is 114 cm³/mol. The Labute approximate surface area is 171 Å². The summed E-state index contributed by atoms with van der Waals surface area (Å²) < 4.78 is 5.87. The minimum atomic E-state index is -0.272. The van der Waals surface area contributed by atoms with Gasteiger partial charge in [-0.1, -0.05) is 24.3 Å². The molecule has 142 valence electrons. The number of thioether (sulfide) groups is 1. The number of carbonyl (C=O) groups excluding carboxylic acids is 1. The number of furan rings is 1. The Balaban J connectivity index is 1.62. The lowest BCUT2D eigenvalue weighted by Crippen LogP contribution is -2.28. The summed E-state index contributed by atoms with van der Waals surface area (Å²) in [5.41, 5.74) is 1.98. The number of nitrogens with zero attached hydrogens (tertiary/aromatic N) is 2. The van der Waals surface area contributed by atoms with Gasteiger partial charge >= 0.3 is 0 Å². The molecule has 4 rings (SSSR count). The van der Waals surface area contributed by atoms with Crippen LogP contribution in [0.4, 0.5) is 0 Å². The maximum atomic E-state index is 13.0. The van der Waals surface area contributed by atoms with Crippen molar-refractivity contribution >= 4 is 40.0 Å². The SMILES string of the molecule is CSc1nc(-c2cccs2)nc(C)c1C(=O)NC(C)c1cc2ccccc2o1. The normalized spacial score (nSPS) is 12.2. The van der Waals surface area contributed by atoms with Crippen molar-refractivity contribution in [1.82, 2.24) is 15.3 Å². The third-order valence-electron chi connectivity index (χ3n) is 4.44. The van der Waals surface area contributed by atoms with Crippen LogP contribution in [0.15, 0.2) is 57.3 Å². The molecule has 0 aliphatic heterocycles. The van der Waals surface area contributed by atoms with Crippen molar-refractivity contribution in [2.75, 3.05) is 6.26 Å². The smallest absolute Gasteiger partial charge is 0.256 e. The number of benzene rings is 1. The fourth-order valence-corrected chi connectivity index (χ4v) is 4.31. The molecule has 1 atom stereocenters. The number of hydrogen-bond acceptors (Lipinski definition) is 6. The van der Waals surface area contributed by atoms with E-state index in [0.717, 1.165) is 15.8 Å². The molecule has 4 aromatic rings. The fourth-order valence-electron chi connectivity index (χ4n) is 3.03. The zero-order chi connectivity index (χ0) is 19.7. The summed E-state index contributed by atoms with van der Waals surface area (Å²) in [5.74, 6) is 1.17. The molecule has 28 heavy (non-hydrogen) atoms. The van der Waals surface area contributed by atoms with Gasteiger partial charge in [0.1, 0.15) is 16.4 Å². The van der Waals surface area contributed by atoms with E-state index in [-0.39, 0.29) is 11.9 Å². The second-order valence-electron chi connectivity index (χ2n) is 6.38. The zero-order valence-electron chi connectivity index (χ0n) is 15.7. The average molecular weight is 410 g/mol. The molecule has 1 unspecified atom stereocenters. The predicted octanol–water partition coefficient (Wildman–Crippen LogP) is 5.47. The molecule has 0 saturated heterocycles. The summed E-state index contributed by atoms with van der Waals surface area (Å²) in [6, 6.07) is 13.4. The van der Waals surface area contributed by atoms with Crippen LogP contribution in [0.25, 0.3) is 21.7 Å². The Hall–Kier alpha value is -2.64. The molecule has 0 saturated carbocycles. The summed E-state index contributed by atoms with van der Waals surface area (Å²) in [6.45, 7) is 3.75. The van der Waals surface area contributed by atoms with Gasteiger partial charge in [-0.2, -0.15) is 0 Å². The lowest BCUT2D eigenvalue weighted by Gasteiger charge is -2.15. The van der Waals surface area contributed by atoms with Crippen LogP contribution in [0.3, 0.4) is 0 Å². The van der Waals surface area contributed by atoms with Crippen molar-refractivity contribution < 1.29 is 9.21 Å². The standard InChI is InChI=1S/C21H19N3O2S2/c1-12(16-11-14-7-4-5-8-15(14)26-16)23-20(25)18-13(2)22-19(24-21(18)27-3)17-9-6-10-28-17/h4-12H,1-3H3,(H,23,25). The van der Waals surface area contributed by atoms with Crippen LogP contribution in [-0.2, 0) is 0 Å². The molecule has 0 radical (unpaired) electrons. The Kier molecular flexibility index (Phi) is 5.19. The Bertz CT molecular complexity index is 1100. The van der Waals surface area contributed by atoms with Crippen molar-refractivity contribution in [3.8, 4) is 10.7 Å². The first-order chi connectivity index (χ1) is 13.6. The highest BCUT2D eigenvalue weighted by atomic mass is 32.2. The molecule has 0 spiro atoms. The lowest BCUT2D eigenvalue weighted by molar-refractivity contribution is 0.0931. The Morgan fingerprint density at radius 2 is 2.04 bits per heavy atom. The molecule has 1 amide bonds. The monoisotopic (exact) mass is 409 g/mol. The molecule has 5 nitrogen and oxygen atoms in total. The van der Waals surface area contributed by atoms with Crippen LogP contribution in [0.5, 0.6) is 0 Å². The first-order valence-electron chi connectivity index (χ1n) is 8.82. The molecular weight excluding hydrogens is 390 g/mol. The first kappa shape index (κ1) is 18.7. The van der Waals surface area contributed by atoms with Crippen LogP contribution in [0.2, 0.25) is 0 Å². The molecule has 7 heteroatoms. The van der Waals surface area contributed by atoms with Gasteiger partial charge in [0.15, 0.2) is 5.82 Å². The first-order valence-corrected chi connectivity index (χ1v) is 10.9. The molecular formula is C21H19N3O2S2. The molecule has 0 bridgehead atoms. The van der Waals surface area contributed by atoms with E-state index in [2.05, 4.69) is 15.3 Å². The number of fused-ring (bicyclic) bond motifs is 1. The van der Waals surface area contributed by atoms with E-state index in [0.29, 0.717) is 27.9 Å². The highest BCUT2D eigenvalue weighted by molar-refractivity contribution is 7.98. The number of nitrogens with one attached hydrogen (secondary N) is 1. The minimum Gasteiger partial charge on any atom is -0.459 e. The third kappa shape index (κ3) is 3.55. The van der Waals surface area contributed by atoms with Crippen LogP contribution < -0.4 is 5.32 Å². The second kappa shape index (κ2) is 7.77. The van der Waals surface area contributed by atoms with Crippen LogP contribution in [0.1, 0.15) is 34.8 Å². The number of carbonyl (C=O) groups is 1. The molecule has 0 aliphatic carbocycles. The number of amides is 1. The fraction of sp³-hybridized carbons (Fsp3) is 0.190. The van der Waals surface area contributed by atoms with E-state index in [1.54, 1.807) is 11.3 Å². The summed E-state index contributed by atoms with van der Waals surface area (Å²) in [5, 5.41) is 6.70. The highest BCUT2D eigenvalue weighted by Crippen LogP contribution is 2.28. The number of rotatable bonds is 5. The van der Waals surface area contributed by atoms with Crippen LogP contribution >= 0.6 is 23.1 Å². The van der Waals surface area contributed by atoms with Gasteiger partial charge in [0.25, 0.3) is 5.91 Å². The number of para-hydroxylation sites is 1. The number of thiophene rings is 1. The van der Waals surface area contributed by atoms with Gasteiger partial charge in [-0.3, -0.25) is 4.79 Å². The van der Waals surface area contributed by atoms with E-state index in [1.807, 2.05) is 67.9 Å². The van der Waals surface area contributed by atoms with E-state index in [1.165, 1.54) is 11.8 Å². The molecule has 0 fully saturated rings. The zero-order valence-corrected chi connectivity index (χ0v) is 17.4. The van der Waals surface area contributed by atoms with Gasteiger partial charge in [-0.25, -0.2) is 9.97 Å². The van der Waals surface area contributed by atoms with Crippen LogP contribution in [0, 0.1) is 6.92 Å². The molecule has 0 aliphatic rings. The Morgan fingerprint density at radius 3 is 2.75 bits per heavy atom. The number of aryl methyl sites for hydroxylation is 1. The summed E-state index contributed by atoms with van der Waals surface area (Å²) in [4.78, 5) is 23.2. The number of hydrogen-bond donors (Lipinski definition) is 1. The van der Waals surface area contributed by atoms with Crippen molar-refractivity contribution in [1.29, 1.82) is 0 Å². The van der Waals surface area contributed by atoms with Crippen molar-refractivity contribution in [2.24, 2.45) is 0 Å². The maximum Gasteiger partial charge on any atom is 0.256 e. The maximum absolute atomic E-state index is 13.0. The molecule has 1 aromatic carbocycles. The summed E-state index contributed by atoms with van der Waals surface area (Å²) >= 11 is 3.03. The van der Waals surface area contributed by atoms with Gasteiger partial charge in [-0.15, -0.1) is 23.1 Å². The van der Waals surface area contributed by atoms with E-state index in [4.69, 9.17) is 4.42 Å². The third-order valence-corrected chi connectivity index (χ3v) is 5.99. The summed E-state index contributed by atoms with van der Waals surface area (Å²) in [7, 11) is 0. The average Bonchev–Trinajstić information content (AvgIpc) is 3.36. The topological polar surface area (TPSA) is 68.0 Å². The van der Waals surface area contributed by atoms with E-state index < -0.39 is 0 Å². The van der Waals surface area contributed by atoms with Crippen molar-refractivity contribution in [3.63, 3.8) is 0 Å². The van der Waals surface area contributed by atoms with Gasteiger partial charge in [0, 0.05) is 5.39 Å². The molecule has 3 aromatic heterocycles. The van der Waals surface area contributed by atoms with E-state index >= 15 is 0 Å². The molecule has 3 heterocycles. The molecule has 1 N–H and O–H groups in total. The van der Waals surface area contributed by atoms with Crippen molar-refractivity contribution in [2.45, 2.75) is 24.9 Å². The van der Waals surface area contributed by atoms with Gasteiger partial charge in [0.2, 0.25) is 0 Å². The van der Waals surface area contributed by atoms with Crippen LogP contribution in [-0.4, -0.2) is 22.1 Å². The quantitative estimate of drug-likeness (QED) is 0.349.